The third kappa shape index (κ3) is 5.71. The lowest BCUT2D eigenvalue weighted by Gasteiger charge is -2.23. The van der Waals surface area contributed by atoms with Crippen molar-refractivity contribution in [1.29, 1.82) is 0 Å². The van der Waals surface area contributed by atoms with E-state index in [-0.39, 0.29) is 41.9 Å². The number of benzene rings is 2. The SMILES string of the molecule is COc1ccccc1CN(CCO)C(=O)c1ccc(OC)c(S(=O)(=O)NC(C)C)c1. The first kappa shape index (κ1) is 23.7. The molecule has 0 saturated carbocycles. The van der Waals surface area contributed by atoms with Gasteiger partial charge in [0.25, 0.3) is 5.91 Å². The Balaban J connectivity index is 2.42. The van der Waals surface area contributed by atoms with E-state index in [1.54, 1.807) is 27.0 Å². The number of rotatable bonds is 10. The van der Waals surface area contributed by atoms with Gasteiger partial charge in [-0.15, -0.1) is 0 Å². The van der Waals surface area contributed by atoms with E-state index < -0.39 is 15.9 Å². The minimum absolute atomic E-state index is 0.0786. The maximum Gasteiger partial charge on any atom is 0.254 e. The fourth-order valence-corrected chi connectivity index (χ4v) is 4.43. The summed E-state index contributed by atoms with van der Waals surface area (Å²) in [6.45, 7) is 3.44. The lowest BCUT2D eigenvalue weighted by molar-refractivity contribution is 0.0706. The van der Waals surface area contributed by atoms with Crippen LogP contribution in [0, 0.1) is 0 Å². The van der Waals surface area contributed by atoms with Crippen molar-refractivity contribution in [2.45, 2.75) is 31.3 Å². The number of hydrogen-bond donors (Lipinski definition) is 2. The van der Waals surface area contributed by atoms with E-state index in [2.05, 4.69) is 4.72 Å². The summed E-state index contributed by atoms with van der Waals surface area (Å²) in [6, 6.07) is 11.2. The molecule has 2 aromatic rings. The van der Waals surface area contributed by atoms with Crippen LogP contribution in [0.25, 0.3) is 0 Å². The zero-order chi connectivity index (χ0) is 22.3. The predicted octanol–water partition coefficient (Wildman–Crippen LogP) is 2.03. The number of carbonyl (C=O) groups excluding carboxylic acids is 1. The number of methoxy groups -OCH3 is 2. The van der Waals surface area contributed by atoms with Crippen molar-refractivity contribution in [2.24, 2.45) is 0 Å². The molecule has 0 heterocycles. The molecule has 0 fully saturated rings. The molecule has 0 aliphatic rings. The molecule has 0 radical (unpaired) electrons. The van der Waals surface area contributed by atoms with Crippen LogP contribution in [0.3, 0.4) is 0 Å². The van der Waals surface area contributed by atoms with Crippen molar-refractivity contribution in [1.82, 2.24) is 9.62 Å². The second-order valence-electron chi connectivity index (χ2n) is 6.90. The van der Waals surface area contributed by atoms with Gasteiger partial charge in [0.1, 0.15) is 16.4 Å². The molecule has 0 aliphatic heterocycles. The van der Waals surface area contributed by atoms with Gasteiger partial charge >= 0.3 is 0 Å². The quantitative estimate of drug-likeness (QED) is 0.590. The first-order chi connectivity index (χ1) is 14.2. The van der Waals surface area contributed by atoms with Crippen LogP contribution in [0.2, 0.25) is 0 Å². The number of nitrogens with one attached hydrogen (secondary N) is 1. The third-order valence-corrected chi connectivity index (χ3v) is 5.98. The Morgan fingerprint density at radius 2 is 1.77 bits per heavy atom. The second-order valence-corrected chi connectivity index (χ2v) is 8.59. The summed E-state index contributed by atoms with van der Waals surface area (Å²) >= 11 is 0. The van der Waals surface area contributed by atoms with Crippen molar-refractivity contribution in [3.8, 4) is 11.5 Å². The highest BCUT2D eigenvalue weighted by molar-refractivity contribution is 7.89. The Morgan fingerprint density at radius 3 is 2.37 bits per heavy atom. The molecular formula is C21H28N2O6S. The summed E-state index contributed by atoms with van der Waals surface area (Å²) < 4.78 is 38.4. The van der Waals surface area contributed by atoms with E-state index in [9.17, 15) is 18.3 Å². The number of para-hydroxylation sites is 1. The molecule has 0 spiro atoms. The standard InChI is InChI=1S/C21H28N2O6S/c1-15(2)22-30(26,27)20-13-16(9-10-19(20)29-4)21(25)23(11-12-24)14-17-7-5-6-8-18(17)28-3/h5-10,13,15,22,24H,11-12,14H2,1-4H3. The van der Waals surface area contributed by atoms with Gasteiger partial charge < -0.3 is 19.5 Å². The number of hydrogen-bond acceptors (Lipinski definition) is 6. The number of sulfonamides is 1. The molecule has 0 aliphatic carbocycles. The van der Waals surface area contributed by atoms with E-state index in [1.165, 1.54) is 30.2 Å². The van der Waals surface area contributed by atoms with Crippen LogP contribution in [-0.4, -0.2) is 57.7 Å². The fourth-order valence-electron chi connectivity index (χ4n) is 2.99. The zero-order valence-electron chi connectivity index (χ0n) is 17.6. The van der Waals surface area contributed by atoms with Crippen molar-refractivity contribution >= 4 is 15.9 Å². The summed E-state index contributed by atoms with van der Waals surface area (Å²) in [4.78, 5) is 14.5. The minimum atomic E-state index is -3.88. The summed E-state index contributed by atoms with van der Waals surface area (Å²) in [5, 5.41) is 9.45. The molecule has 2 rings (SSSR count). The maximum atomic E-state index is 13.2. The second kappa shape index (κ2) is 10.4. The molecule has 2 N–H and O–H groups in total. The number of carbonyl (C=O) groups is 1. The van der Waals surface area contributed by atoms with E-state index in [0.717, 1.165) is 5.56 Å². The largest absolute Gasteiger partial charge is 0.496 e. The number of aliphatic hydroxyl groups excluding tert-OH is 1. The summed E-state index contributed by atoms with van der Waals surface area (Å²) in [5.74, 6) is 0.337. The lowest BCUT2D eigenvalue weighted by Crippen LogP contribution is -2.34. The van der Waals surface area contributed by atoms with Crippen LogP contribution < -0.4 is 14.2 Å². The molecule has 2 aromatic carbocycles. The summed E-state index contributed by atoms with van der Waals surface area (Å²) in [6.07, 6.45) is 0. The van der Waals surface area contributed by atoms with Gasteiger partial charge in [-0.25, -0.2) is 13.1 Å². The Kier molecular flexibility index (Phi) is 8.22. The van der Waals surface area contributed by atoms with Crippen LogP contribution in [0.15, 0.2) is 47.4 Å². The van der Waals surface area contributed by atoms with Crippen molar-refractivity contribution in [3.05, 3.63) is 53.6 Å². The van der Waals surface area contributed by atoms with E-state index in [0.29, 0.717) is 5.75 Å². The highest BCUT2D eigenvalue weighted by atomic mass is 32.2. The van der Waals surface area contributed by atoms with Gasteiger partial charge in [-0.05, 0) is 38.1 Å². The van der Waals surface area contributed by atoms with Crippen LogP contribution in [-0.2, 0) is 16.6 Å². The number of nitrogens with zero attached hydrogens (tertiary/aromatic N) is 1. The van der Waals surface area contributed by atoms with Crippen molar-refractivity contribution in [2.75, 3.05) is 27.4 Å². The van der Waals surface area contributed by atoms with Gasteiger partial charge in [-0.3, -0.25) is 4.79 Å². The highest BCUT2D eigenvalue weighted by Crippen LogP contribution is 2.26. The first-order valence-electron chi connectivity index (χ1n) is 9.46. The van der Waals surface area contributed by atoms with Gasteiger partial charge in [-0.1, -0.05) is 18.2 Å². The first-order valence-corrected chi connectivity index (χ1v) is 10.9. The average molecular weight is 437 g/mol. The number of amides is 1. The molecule has 0 unspecified atom stereocenters. The molecule has 1 amide bonds. The van der Waals surface area contributed by atoms with Gasteiger partial charge in [0, 0.05) is 30.3 Å². The van der Waals surface area contributed by atoms with Gasteiger partial charge in [0.2, 0.25) is 10.0 Å². The van der Waals surface area contributed by atoms with Gasteiger partial charge in [-0.2, -0.15) is 0 Å². The summed E-state index contributed by atoms with van der Waals surface area (Å²) in [7, 11) is -0.974. The number of ether oxygens (including phenoxy) is 2. The van der Waals surface area contributed by atoms with Gasteiger partial charge in [0.15, 0.2) is 0 Å². The Morgan fingerprint density at radius 1 is 1.10 bits per heavy atom. The molecule has 30 heavy (non-hydrogen) atoms. The topological polar surface area (TPSA) is 105 Å². The normalized spacial score (nSPS) is 11.4. The Labute approximate surface area is 177 Å². The van der Waals surface area contributed by atoms with E-state index in [1.807, 2.05) is 18.2 Å². The molecular weight excluding hydrogens is 408 g/mol. The lowest BCUT2D eigenvalue weighted by atomic mass is 10.1. The fraction of sp³-hybridized carbons (Fsp3) is 0.381. The predicted molar refractivity (Wildman–Crippen MR) is 113 cm³/mol. The van der Waals surface area contributed by atoms with Crippen LogP contribution in [0.1, 0.15) is 29.8 Å². The molecule has 0 atom stereocenters. The third-order valence-electron chi connectivity index (χ3n) is 4.30. The van der Waals surface area contributed by atoms with E-state index in [4.69, 9.17) is 9.47 Å². The number of aliphatic hydroxyl groups is 1. The molecule has 8 nitrogen and oxygen atoms in total. The van der Waals surface area contributed by atoms with Crippen LogP contribution >= 0.6 is 0 Å². The average Bonchev–Trinajstić information content (AvgIpc) is 2.72. The zero-order valence-corrected chi connectivity index (χ0v) is 18.4. The molecule has 9 heteroatoms. The molecule has 0 aromatic heterocycles. The van der Waals surface area contributed by atoms with Crippen LogP contribution in [0.5, 0.6) is 11.5 Å². The maximum absolute atomic E-state index is 13.2. The van der Waals surface area contributed by atoms with Crippen molar-refractivity contribution in [3.63, 3.8) is 0 Å². The van der Waals surface area contributed by atoms with E-state index >= 15 is 0 Å². The Bertz CT molecular complexity index is 975. The molecule has 164 valence electrons. The molecule has 0 bridgehead atoms. The molecule has 0 saturated heterocycles. The minimum Gasteiger partial charge on any atom is -0.496 e. The van der Waals surface area contributed by atoms with Crippen molar-refractivity contribution < 1.29 is 27.8 Å². The Hall–Kier alpha value is -2.62. The monoisotopic (exact) mass is 436 g/mol. The summed E-state index contributed by atoms with van der Waals surface area (Å²) in [5.41, 5.74) is 0.938. The highest BCUT2D eigenvalue weighted by Gasteiger charge is 2.24. The smallest absolute Gasteiger partial charge is 0.254 e. The van der Waals surface area contributed by atoms with Gasteiger partial charge in [0.05, 0.1) is 20.8 Å². The van der Waals surface area contributed by atoms with Crippen LogP contribution in [0.4, 0.5) is 0 Å².